The smallest absolute Gasteiger partial charge is 0.252 e. The molecule has 20 heavy (non-hydrogen) atoms. The molecule has 0 spiro atoms. The molecule has 2 rings (SSSR count). The molecule has 1 aromatic carbocycles. The standard InChI is InChI=1S/C15H10Cl2N2O/c1-3-5-9(4-2)13-14(16)19-12-8-10(15(17)20)6-7-11(12)18-13/h3-8H,1-2H2/b9-5+. The highest BCUT2D eigenvalue weighted by Gasteiger charge is 2.11. The van der Waals surface area contributed by atoms with Gasteiger partial charge in [0.25, 0.3) is 5.24 Å². The number of aromatic nitrogens is 2. The van der Waals surface area contributed by atoms with Crippen LogP contribution < -0.4 is 0 Å². The van der Waals surface area contributed by atoms with Crippen molar-refractivity contribution in [1.82, 2.24) is 9.97 Å². The fraction of sp³-hybridized carbons (Fsp3) is 0. The second-order valence-electron chi connectivity index (χ2n) is 3.90. The molecule has 0 amide bonds. The Kier molecular flexibility index (Phi) is 4.32. The molecule has 0 unspecified atom stereocenters. The van der Waals surface area contributed by atoms with Gasteiger partial charge in [0.15, 0.2) is 5.15 Å². The number of allylic oxidation sites excluding steroid dienone is 4. The van der Waals surface area contributed by atoms with Crippen molar-refractivity contribution in [3.8, 4) is 0 Å². The second-order valence-corrected chi connectivity index (χ2v) is 4.60. The van der Waals surface area contributed by atoms with Crippen molar-refractivity contribution in [3.05, 3.63) is 66.0 Å². The number of carbonyl (C=O) groups excluding carboxylic acids is 1. The lowest BCUT2D eigenvalue weighted by molar-refractivity contribution is 0.108. The highest BCUT2D eigenvalue weighted by molar-refractivity contribution is 6.67. The van der Waals surface area contributed by atoms with Crippen molar-refractivity contribution in [1.29, 1.82) is 0 Å². The Morgan fingerprint density at radius 1 is 1.20 bits per heavy atom. The molecule has 100 valence electrons. The van der Waals surface area contributed by atoms with E-state index in [1.54, 1.807) is 36.4 Å². The van der Waals surface area contributed by atoms with E-state index in [1.807, 2.05) is 0 Å². The Labute approximate surface area is 126 Å². The maximum atomic E-state index is 11.1. The van der Waals surface area contributed by atoms with Gasteiger partial charge in [-0.05, 0) is 29.8 Å². The zero-order valence-electron chi connectivity index (χ0n) is 10.4. The first kappa shape index (κ1) is 14.4. The number of carbonyl (C=O) groups is 1. The van der Waals surface area contributed by atoms with Gasteiger partial charge in [0, 0.05) is 11.1 Å². The molecule has 3 nitrogen and oxygen atoms in total. The SMILES string of the molecule is C=C/C=C(\C=C)c1nc2ccc(C(=O)Cl)cc2nc1Cl. The molecule has 0 aliphatic carbocycles. The summed E-state index contributed by atoms with van der Waals surface area (Å²) in [6.07, 6.45) is 4.99. The van der Waals surface area contributed by atoms with Gasteiger partial charge in [-0.3, -0.25) is 4.79 Å². The van der Waals surface area contributed by atoms with Gasteiger partial charge in [-0.2, -0.15) is 0 Å². The number of fused-ring (bicyclic) bond motifs is 1. The van der Waals surface area contributed by atoms with Gasteiger partial charge < -0.3 is 0 Å². The first-order chi connectivity index (χ1) is 9.56. The van der Waals surface area contributed by atoms with E-state index < -0.39 is 5.24 Å². The monoisotopic (exact) mass is 304 g/mol. The van der Waals surface area contributed by atoms with Crippen LogP contribution in [-0.4, -0.2) is 15.2 Å². The highest BCUT2D eigenvalue weighted by Crippen LogP contribution is 2.25. The zero-order valence-corrected chi connectivity index (χ0v) is 11.9. The van der Waals surface area contributed by atoms with E-state index >= 15 is 0 Å². The minimum Gasteiger partial charge on any atom is -0.276 e. The second kappa shape index (κ2) is 5.99. The minimum atomic E-state index is -0.549. The van der Waals surface area contributed by atoms with E-state index in [0.29, 0.717) is 22.3 Å². The van der Waals surface area contributed by atoms with Crippen LogP contribution in [0, 0.1) is 0 Å². The van der Waals surface area contributed by atoms with Crippen LogP contribution in [0.5, 0.6) is 0 Å². The minimum absolute atomic E-state index is 0.227. The summed E-state index contributed by atoms with van der Waals surface area (Å²) in [7, 11) is 0. The summed E-state index contributed by atoms with van der Waals surface area (Å²) in [5.41, 5.74) is 2.70. The summed E-state index contributed by atoms with van der Waals surface area (Å²) in [6, 6.07) is 4.82. The topological polar surface area (TPSA) is 42.9 Å². The van der Waals surface area contributed by atoms with Crippen molar-refractivity contribution in [3.63, 3.8) is 0 Å². The third-order valence-corrected chi connectivity index (χ3v) is 3.12. The predicted molar refractivity (Wildman–Crippen MR) is 83.1 cm³/mol. The number of hydrogen-bond donors (Lipinski definition) is 0. The number of benzene rings is 1. The molecule has 0 N–H and O–H groups in total. The Morgan fingerprint density at radius 2 is 1.95 bits per heavy atom. The van der Waals surface area contributed by atoms with Gasteiger partial charge in [0.1, 0.15) is 5.69 Å². The lowest BCUT2D eigenvalue weighted by Crippen LogP contribution is -1.96. The molecule has 0 atom stereocenters. The van der Waals surface area contributed by atoms with E-state index in [-0.39, 0.29) is 5.15 Å². The number of nitrogens with zero attached hydrogens (tertiary/aromatic N) is 2. The van der Waals surface area contributed by atoms with Gasteiger partial charge in [-0.15, -0.1) is 0 Å². The normalized spacial score (nSPS) is 11.4. The van der Waals surface area contributed by atoms with Crippen LogP contribution in [0.1, 0.15) is 16.1 Å². The Bertz CT molecular complexity index is 751. The van der Waals surface area contributed by atoms with Crippen LogP contribution in [0.15, 0.2) is 49.6 Å². The lowest BCUT2D eigenvalue weighted by atomic mass is 10.1. The van der Waals surface area contributed by atoms with E-state index in [9.17, 15) is 4.79 Å². The van der Waals surface area contributed by atoms with Crippen molar-refractivity contribution in [2.75, 3.05) is 0 Å². The summed E-state index contributed by atoms with van der Waals surface area (Å²) in [4.78, 5) is 19.8. The zero-order chi connectivity index (χ0) is 14.7. The summed E-state index contributed by atoms with van der Waals surface area (Å²) in [5.74, 6) is 0. The van der Waals surface area contributed by atoms with Crippen LogP contribution in [0.25, 0.3) is 16.6 Å². The largest absolute Gasteiger partial charge is 0.276 e. The molecule has 0 aliphatic heterocycles. The Hall–Kier alpha value is -1.97. The van der Waals surface area contributed by atoms with Gasteiger partial charge >= 0.3 is 0 Å². The quantitative estimate of drug-likeness (QED) is 0.620. The summed E-state index contributed by atoms with van der Waals surface area (Å²) in [5, 5.41) is -0.322. The van der Waals surface area contributed by atoms with Crippen LogP contribution in [0.3, 0.4) is 0 Å². The number of hydrogen-bond acceptors (Lipinski definition) is 3. The van der Waals surface area contributed by atoms with Crippen LogP contribution in [0.2, 0.25) is 5.15 Å². The summed E-state index contributed by atoms with van der Waals surface area (Å²) >= 11 is 11.6. The first-order valence-electron chi connectivity index (χ1n) is 5.69. The van der Waals surface area contributed by atoms with Crippen molar-refractivity contribution in [2.24, 2.45) is 0 Å². The fourth-order valence-corrected chi connectivity index (χ4v) is 2.07. The molecule has 0 bridgehead atoms. The Balaban J connectivity index is 2.67. The third kappa shape index (κ3) is 2.79. The van der Waals surface area contributed by atoms with E-state index in [2.05, 4.69) is 23.1 Å². The van der Waals surface area contributed by atoms with Gasteiger partial charge in [0.05, 0.1) is 11.0 Å². The number of rotatable bonds is 4. The molecule has 0 saturated heterocycles. The van der Waals surface area contributed by atoms with Crippen LogP contribution >= 0.6 is 23.2 Å². The average Bonchev–Trinajstić information content (AvgIpc) is 2.43. The third-order valence-electron chi connectivity index (χ3n) is 2.64. The molecule has 1 aromatic heterocycles. The maximum Gasteiger partial charge on any atom is 0.252 e. The Morgan fingerprint density at radius 3 is 2.55 bits per heavy atom. The van der Waals surface area contributed by atoms with Crippen LogP contribution in [-0.2, 0) is 0 Å². The summed E-state index contributed by atoms with van der Waals surface area (Å²) in [6.45, 7) is 7.34. The van der Waals surface area contributed by atoms with Crippen LogP contribution in [0.4, 0.5) is 0 Å². The van der Waals surface area contributed by atoms with Gasteiger partial charge in [-0.1, -0.05) is 43.0 Å². The van der Waals surface area contributed by atoms with Crippen molar-refractivity contribution < 1.29 is 4.79 Å². The van der Waals surface area contributed by atoms with E-state index in [1.165, 1.54) is 0 Å². The molecule has 2 aromatic rings. The fourth-order valence-electron chi connectivity index (χ4n) is 1.71. The maximum absolute atomic E-state index is 11.1. The highest BCUT2D eigenvalue weighted by atomic mass is 35.5. The molecule has 0 fully saturated rings. The van der Waals surface area contributed by atoms with Crippen molar-refractivity contribution in [2.45, 2.75) is 0 Å². The lowest BCUT2D eigenvalue weighted by Gasteiger charge is -2.06. The molecule has 5 heteroatoms. The predicted octanol–water partition coefficient (Wildman–Crippen LogP) is 4.42. The van der Waals surface area contributed by atoms with E-state index in [4.69, 9.17) is 23.2 Å². The molecule has 0 saturated carbocycles. The average molecular weight is 305 g/mol. The van der Waals surface area contributed by atoms with Gasteiger partial charge in [0.2, 0.25) is 0 Å². The summed E-state index contributed by atoms with van der Waals surface area (Å²) < 4.78 is 0. The first-order valence-corrected chi connectivity index (χ1v) is 6.45. The number of halogens is 2. The molecule has 0 radical (unpaired) electrons. The van der Waals surface area contributed by atoms with E-state index in [0.717, 1.165) is 5.57 Å². The van der Waals surface area contributed by atoms with Gasteiger partial charge in [-0.25, -0.2) is 9.97 Å². The molecule has 0 aliphatic rings. The van der Waals surface area contributed by atoms with Crippen molar-refractivity contribution >= 4 is 45.1 Å². The molecular weight excluding hydrogens is 295 g/mol. The molecule has 1 heterocycles. The molecular formula is C15H10Cl2N2O.